The highest BCUT2D eigenvalue weighted by Gasteiger charge is 2.14. The van der Waals surface area contributed by atoms with E-state index in [1.807, 2.05) is 0 Å². The SMILES string of the molecule is N/C(=N/O)c1cc(F)cc(CNCC2CCCC2)c1. The van der Waals surface area contributed by atoms with Crippen LogP contribution in [0.5, 0.6) is 0 Å². The predicted molar refractivity (Wildman–Crippen MR) is 72.6 cm³/mol. The molecule has 1 aromatic rings. The van der Waals surface area contributed by atoms with Gasteiger partial charge in [0.1, 0.15) is 5.82 Å². The molecule has 0 radical (unpaired) electrons. The van der Waals surface area contributed by atoms with Crippen molar-refractivity contribution >= 4 is 5.84 Å². The smallest absolute Gasteiger partial charge is 0.170 e. The number of benzene rings is 1. The van der Waals surface area contributed by atoms with Crippen LogP contribution in [0.4, 0.5) is 4.39 Å². The molecule has 4 N–H and O–H groups in total. The van der Waals surface area contributed by atoms with E-state index in [0.717, 1.165) is 18.0 Å². The van der Waals surface area contributed by atoms with Crippen LogP contribution >= 0.6 is 0 Å². The molecule has 5 heteroatoms. The summed E-state index contributed by atoms with van der Waals surface area (Å²) < 4.78 is 13.4. The summed E-state index contributed by atoms with van der Waals surface area (Å²) in [4.78, 5) is 0. The lowest BCUT2D eigenvalue weighted by atomic mass is 10.1. The van der Waals surface area contributed by atoms with Crippen molar-refractivity contribution in [2.75, 3.05) is 6.54 Å². The molecule has 0 aromatic heterocycles. The van der Waals surface area contributed by atoms with Crippen LogP contribution in [0.2, 0.25) is 0 Å². The van der Waals surface area contributed by atoms with Gasteiger partial charge in [-0.15, -0.1) is 0 Å². The first-order chi connectivity index (χ1) is 9.19. The number of halogens is 1. The molecule has 0 unspecified atom stereocenters. The second-order valence-corrected chi connectivity index (χ2v) is 5.11. The third-order valence-electron chi connectivity index (χ3n) is 3.60. The average Bonchev–Trinajstić information content (AvgIpc) is 2.90. The topological polar surface area (TPSA) is 70.6 Å². The molecule has 19 heavy (non-hydrogen) atoms. The molecule has 1 aliphatic rings. The van der Waals surface area contributed by atoms with Crippen molar-refractivity contribution < 1.29 is 9.60 Å². The van der Waals surface area contributed by atoms with Gasteiger partial charge in [0.25, 0.3) is 0 Å². The molecule has 0 aliphatic heterocycles. The van der Waals surface area contributed by atoms with Gasteiger partial charge >= 0.3 is 0 Å². The Morgan fingerprint density at radius 3 is 2.79 bits per heavy atom. The fraction of sp³-hybridized carbons (Fsp3) is 0.500. The Balaban J connectivity index is 1.93. The largest absolute Gasteiger partial charge is 0.409 e. The van der Waals surface area contributed by atoms with Gasteiger partial charge in [0.15, 0.2) is 5.84 Å². The number of oxime groups is 1. The van der Waals surface area contributed by atoms with Gasteiger partial charge < -0.3 is 16.3 Å². The van der Waals surface area contributed by atoms with Gasteiger partial charge in [0.05, 0.1) is 0 Å². The normalized spacial score (nSPS) is 17.0. The third-order valence-corrected chi connectivity index (χ3v) is 3.60. The van der Waals surface area contributed by atoms with Crippen molar-refractivity contribution in [2.24, 2.45) is 16.8 Å². The molecule has 1 aliphatic carbocycles. The second-order valence-electron chi connectivity index (χ2n) is 5.11. The number of nitrogens with zero attached hydrogens (tertiary/aromatic N) is 1. The highest BCUT2D eigenvalue weighted by atomic mass is 19.1. The highest BCUT2D eigenvalue weighted by Crippen LogP contribution is 2.23. The van der Waals surface area contributed by atoms with E-state index in [-0.39, 0.29) is 11.7 Å². The lowest BCUT2D eigenvalue weighted by Gasteiger charge is -2.11. The van der Waals surface area contributed by atoms with E-state index in [2.05, 4.69) is 10.5 Å². The van der Waals surface area contributed by atoms with Crippen LogP contribution < -0.4 is 11.1 Å². The highest BCUT2D eigenvalue weighted by molar-refractivity contribution is 5.97. The molecule has 0 heterocycles. The minimum Gasteiger partial charge on any atom is -0.409 e. The van der Waals surface area contributed by atoms with E-state index in [4.69, 9.17) is 10.9 Å². The van der Waals surface area contributed by atoms with Gasteiger partial charge in [-0.25, -0.2) is 4.39 Å². The van der Waals surface area contributed by atoms with E-state index in [9.17, 15) is 4.39 Å². The number of amidine groups is 1. The fourth-order valence-electron chi connectivity index (χ4n) is 2.59. The maximum absolute atomic E-state index is 13.4. The Bertz CT molecular complexity index is 456. The molecular formula is C14H20FN3O. The van der Waals surface area contributed by atoms with Crippen molar-refractivity contribution in [1.29, 1.82) is 0 Å². The van der Waals surface area contributed by atoms with Gasteiger partial charge in [0, 0.05) is 12.1 Å². The molecule has 1 saturated carbocycles. The minimum absolute atomic E-state index is 0.0726. The predicted octanol–water partition coefficient (Wildman–Crippen LogP) is 2.20. The second kappa shape index (κ2) is 6.52. The van der Waals surface area contributed by atoms with Crippen molar-refractivity contribution in [3.63, 3.8) is 0 Å². The number of hydrogen-bond donors (Lipinski definition) is 3. The number of nitrogens with two attached hydrogens (primary N) is 1. The summed E-state index contributed by atoms with van der Waals surface area (Å²) in [6.45, 7) is 1.56. The summed E-state index contributed by atoms with van der Waals surface area (Å²) >= 11 is 0. The molecule has 0 spiro atoms. The molecule has 0 bridgehead atoms. The van der Waals surface area contributed by atoms with Crippen molar-refractivity contribution in [3.05, 3.63) is 35.1 Å². The summed E-state index contributed by atoms with van der Waals surface area (Å²) in [6, 6.07) is 4.46. The Labute approximate surface area is 112 Å². The minimum atomic E-state index is -0.373. The van der Waals surface area contributed by atoms with Crippen LogP contribution in [-0.2, 0) is 6.54 Å². The first-order valence-electron chi connectivity index (χ1n) is 6.67. The van der Waals surface area contributed by atoms with Crippen LogP contribution in [0.25, 0.3) is 0 Å². The van der Waals surface area contributed by atoms with E-state index >= 15 is 0 Å². The van der Waals surface area contributed by atoms with E-state index in [1.165, 1.54) is 37.8 Å². The molecule has 0 atom stereocenters. The Morgan fingerprint density at radius 2 is 2.11 bits per heavy atom. The summed E-state index contributed by atoms with van der Waals surface area (Å²) in [6.07, 6.45) is 5.21. The maximum atomic E-state index is 13.4. The van der Waals surface area contributed by atoms with Crippen LogP contribution in [0.15, 0.2) is 23.4 Å². The fourth-order valence-corrected chi connectivity index (χ4v) is 2.59. The van der Waals surface area contributed by atoms with Gasteiger partial charge in [-0.3, -0.25) is 0 Å². The van der Waals surface area contributed by atoms with Crippen LogP contribution in [-0.4, -0.2) is 17.6 Å². The molecule has 2 rings (SSSR count). The van der Waals surface area contributed by atoms with Crippen molar-refractivity contribution in [1.82, 2.24) is 5.32 Å². The zero-order chi connectivity index (χ0) is 13.7. The first kappa shape index (κ1) is 13.8. The quantitative estimate of drug-likeness (QED) is 0.331. The Kier molecular flexibility index (Phi) is 4.74. The molecule has 0 saturated heterocycles. The van der Waals surface area contributed by atoms with Gasteiger partial charge in [0.2, 0.25) is 0 Å². The van der Waals surface area contributed by atoms with Crippen LogP contribution in [0.1, 0.15) is 36.8 Å². The van der Waals surface area contributed by atoms with E-state index in [1.54, 1.807) is 6.07 Å². The molecular weight excluding hydrogens is 245 g/mol. The zero-order valence-electron chi connectivity index (χ0n) is 10.9. The van der Waals surface area contributed by atoms with Gasteiger partial charge in [-0.2, -0.15) is 0 Å². The Morgan fingerprint density at radius 1 is 1.37 bits per heavy atom. The van der Waals surface area contributed by atoms with Gasteiger partial charge in [-0.1, -0.05) is 18.0 Å². The number of hydrogen-bond acceptors (Lipinski definition) is 3. The molecule has 1 aromatic carbocycles. The summed E-state index contributed by atoms with van der Waals surface area (Å²) in [5.74, 6) is 0.301. The standard InChI is InChI=1S/C14H20FN3O/c15-13-6-11(5-12(7-13)14(16)18-19)9-17-8-10-3-1-2-4-10/h5-7,10,17,19H,1-4,8-9H2,(H2,16,18). The summed E-state index contributed by atoms with van der Waals surface area (Å²) in [5, 5.41) is 14.9. The lowest BCUT2D eigenvalue weighted by Crippen LogP contribution is -2.21. The zero-order valence-corrected chi connectivity index (χ0v) is 10.9. The van der Waals surface area contributed by atoms with Crippen molar-refractivity contribution in [3.8, 4) is 0 Å². The first-order valence-corrected chi connectivity index (χ1v) is 6.67. The summed E-state index contributed by atoms with van der Waals surface area (Å²) in [7, 11) is 0. The Hall–Kier alpha value is -1.62. The maximum Gasteiger partial charge on any atom is 0.170 e. The third kappa shape index (κ3) is 3.92. The monoisotopic (exact) mass is 265 g/mol. The lowest BCUT2D eigenvalue weighted by molar-refractivity contribution is 0.318. The average molecular weight is 265 g/mol. The van der Waals surface area contributed by atoms with E-state index < -0.39 is 0 Å². The number of rotatable bonds is 5. The van der Waals surface area contributed by atoms with E-state index in [0.29, 0.717) is 12.1 Å². The van der Waals surface area contributed by atoms with Crippen LogP contribution in [0, 0.1) is 11.7 Å². The van der Waals surface area contributed by atoms with Crippen molar-refractivity contribution in [2.45, 2.75) is 32.2 Å². The molecule has 4 nitrogen and oxygen atoms in total. The summed E-state index contributed by atoms with van der Waals surface area (Å²) in [5.41, 5.74) is 6.68. The molecule has 1 fully saturated rings. The molecule has 0 amide bonds. The van der Waals surface area contributed by atoms with Gasteiger partial charge in [-0.05, 0) is 49.1 Å². The number of nitrogens with one attached hydrogen (secondary N) is 1. The molecule has 104 valence electrons. The van der Waals surface area contributed by atoms with Crippen LogP contribution in [0.3, 0.4) is 0 Å².